The second-order valence-corrected chi connectivity index (χ2v) is 7.21. The van der Waals surface area contributed by atoms with Gasteiger partial charge in [-0.3, -0.25) is 0 Å². The molecule has 27 heavy (non-hydrogen) atoms. The van der Waals surface area contributed by atoms with Gasteiger partial charge in [0.1, 0.15) is 11.6 Å². The molecule has 1 saturated heterocycles. The fourth-order valence-electron chi connectivity index (χ4n) is 3.55. The van der Waals surface area contributed by atoms with Crippen molar-refractivity contribution in [1.82, 2.24) is 15.0 Å². The number of imidazole rings is 1. The Labute approximate surface area is 161 Å². The third-order valence-electron chi connectivity index (χ3n) is 5.16. The Morgan fingerprint density at radius 3 is 2.37 bits per heavy atom. The molecule has 0 amide bonds. The minimum absolute atomic E-state index is 0.904. The predicted octanol–water partition coefficient (Wildman–Crippen LogP) is 4.06. The van der Waals surface area contributed by atoms with Crippen molar-refractivity contribution in [3.8, 4) is 11.4 Å². The molecule has 1 aliphatic heterocycles. The molecular formula is C22H27N5. The van der Waals surface area contributed by atoms with Crippen LogP contribution in [0.25, 0.3) is 11.4 Å². The van der Waals surface area contributed by atoms with Gasteiger partial charge < -0.3 is 14.8 Å². The number of nitrogens with one attached hydrogen (secondary N) is 1. The van der Waals surface area contributed by atoms with E-state index in [2.05, 4.69) is 70.0 Å². The summed E-state index contributed by atoms with van der Waals surface area (Å²) in [6, 6.07) is 13.0. The van der Waals surface area contributed by atoms with Crippen molar-refractivity contribution in [3.05, 3.63) is 60.0 Å². The Morgan fingerprint density at radius 1 is 0.963 bits per heavy atom. The number of piperazine rings is 1. The number of anilines is 2. The average Bonchev–Trinajstić information content (AvgIpc) is 3.18. The zero-order chi connectivity index (χ0) is 18.6. The molecule has 1 fully saturated rings. The quantitative estimate of drug-likeness (QED) is 0.744. The molecule has 1 N–H and O–H groups in total. The summed E-state index contributed by atoms with van der Waals surface area (Å²) in [6.07, 6.45) is 6.04. The number of rotatable bonds is 5. The second kappa shape index (κ2) is 7.82. The van der Waals surface area contributed by atoms with E-state index in [0.717, 1.165) is 61.9 Å². The van der Waals surface area contributed by atoms with Crippen LogP contribution in [0, 0.1) is 6.92 Å². The number of aromatic nitrogens is 3. The highest BCUT2D eigenvalue weighted by atomic mass is 15.3. The fourth-order valence-corrected chi connectivity index (χ4v) is 3.55. The van der Waals surface area contributed by atoms with E-state index in [-0.39, 0.29) is 0 Å². The molecule has 0 spiro atoms. The Kier molecular flexibility index (Phi) is 5.10. The molecule has 0 atom stereocenters. The molecule has 3 heterocycles. The number of hydrogen-bond acceptors (Lipinski definition) is 4. The molecule has 3 aromatic rings. The molecule has 0 aliphatic carbocycles. The number of aryl methyl sites for hydroxylation is 2. The lowest BCUT2D eigenvalue weighted by molar-refractivity contribution is 0.647. The molecule has 1 aromatic carbocycles. The standard InChI is InChI=1S/C22H27N5/c1-3-4-19-16-24-22(25-19)18-7-10-21(23-15-18)27-13-11-26(12-14-27)20-8-5-17(2)6-9-20/h5-10,15-16H,3-4,11-14H2,1-2H3,(H,24,25). The van der Waals surface area contributed by atoms with Crippen LogP contribution in [-0.2, 0) is 6.42 Å². The van der Waals surface area contributed by atoms with Crippen molar-refractivity contribution in [2.75, 3.05) is 36.0 Å². The molecular weight excluding hydrogens is 334 g/mol. The SMILES string of the molecule is CCCc1c[nH]c(-c2ccc(N3CCN(c4ccc(C)cc4)CC3)nc2)n1. The zero-order valence-electron chi connectivity index (χ0n) is 16.2. The van der Waals surface area contributed by atoms with Crippen LogP contribution in [0.4, 0.5) is 11.5 Å². The number of H-pyrrole nitrogens is 1. The van der Waals surface area contributed by atoms with E-state index >= 15 is 0 Å². The van der Waals surface area contributed by atoms with Crippen LogP contribution in [0.15, 0.2) is 48.8 Å². The highest BCUT2D eigenvalue weighted by Gasteiger charge is 2.18. The summed E-state index contributed by atoms with van der Waals surface area (Å²) in [7, 11) is 0. The summed E-state index contributed by atoms with van der Waals surface area (Å²) in [5.74, 6) is 1.95. The average molecular weight is 361 g/mol. The molecule has 5 heteroatoms. The van der Waals surface area contributed by atoms with Gasteiger partial charge in [-0.1, -0.05) is 31.0 Å². The minimum atomic E-state index is 0.904. The number of hydrogen-bond donors (Lipinski definition) is 1. The van der Waals surface area contributed by atoms with Gasteiger partial charge in [0.25, 0.3) is 0 Å². The summed E-state index contributed by atoms with van der Waals surface area (Å²) in [5, 5.41) is 0. The van der Waals surface area contributed by atoms with Gasteiger partial charge in [0.15, 0.2) is 0 Å². The van der Waals surface area contributed by atoms with Crippen molar-refractivity contribution < 1.29 is 0 Å². The molecule has 0 bridgehead atoms. The van der Waals surface area contributed by atoms with Gasteiger partial charge in [0, 0.05) is 49.8 Å². The molecule has 0 radical (unpaired) electrons. The largest absolute Gasteiger partial charge is 0.368 e. The Morgan fingerprint density at radius 2 is 1.70 bits per heavy atom. The summed E-state index contributed by atoms with van der Waals surface area (Å²) >= 11 is 0. The summed E-state index contributed by atoms with van der Waals surface area (Å²) in [4.78, 5) is 17.4. The van der Waals surface area contributed by atoms with E-state index in [9.17, 15) is 0 Å². The maximum Gasteiger partial charge on any atom is 0.139 e. The molecule has 140 valence electrons. The summed E-state index contributed by atoms with van der Waals surface area (Å²) < 4.78 is 0. The Hall–Kier alpha value is -2.82. The van der Waals surface area contributed by atoms with Gasteiger partial charge in [-0.2, -0.15) is 0 Å². The third-order valence-corrected chi connectivity index (χ3v) is 5.16. The van der Waals surface area contributed by atoms with Gasteiger partial charge >= 0.3 is 0 Å². The van der Waals surface area contributed by atoms with Crippen molar-refractivity contribution in [2.45, 2.75) is 26.7 Å². The molecule has 2 aromatic heterocycles. The van der Waals surface area contributed by atoms with Gasteiger partial charge in [0.05, 0.1) is 5.69 Å². The van der Waals surface area contributed by atoms with Gasteiger partial charge in [-0.15, -0.1) is 0 Å². The molecule has 4 rings (SSSR count). The fraction of sp³-hybridized carbons (Fsp3) is 0.364. The van der Waals surface area contributed by atoms with E-state index in [1.165, 1.54) is 11.3 Å². The molecule has 0 saturated carbocycles. The number of pyridine rings is 1. The maximum absolute atomic E-state index is 4.69. The van der Waals surface area contributed by atoms with Crippen LogP contribution < -0.4 is 9.80 Å². The van der Waals surface area contributed by atoms with Crippen molar-refractivity contribution in [1.29, 1.82) is 0 Å². The van der Waals surface area contributed by atoms with Crippen LogP contribution in [0.1, 0.15) is 24.6 Å². The summed E-state index contributed by atoms with van der Waals surface area (Å²) in [5.41, 5.74) is 4.77. The van der Waals surface area contributed by atoms with Crippen molar-refractivity contribution in [2.24, 2.45) is 0 Å². The molecule has 5 nitrogen and oxygen atoms in total. The van der Waals surface area contributed by atoms with Crippen LogP contribution in [0.3, 0.4) is 0 Å². The van der Waals surface area contributed by atoms with Crippen molar-refractivity contribution >= 4 is 11.5 Å². The second-order valence-electron chi connectivity index (χ2n) is 7.21. The lowest BCUT2D eigenvalue weighted by atomic mass is 10.2. The van der Waals surface area contributed by atoms with Crippen LogP contribution >= 0.6 is 0 Å². The number of aromatic amines is 1. The van der Waals surface area contributed by atoms with Crippen LogP contribution in [0.5, 0.6) is 0 Å². The first-order valence-corrected chi connectivity index (χ1v) is 9.80. The van der Waals surface area contributed by atoms with E-state index in [1.807, 2.05) is 12.4 Å². The van der Waals surface area contributed by atoms with Crippen LogP contribution in [-0.4, -0.2) is 41.1 Å². The zero-order valence-corrected chi connectivity index (χ0v) is 16.2. The third kappa shape index (κ3) is 3.97. The topological polar surface area (TPSA) is 48.1 Å². The van der Waals surface area contributed by atoms with E-state index < -0.39 is 0 Å². The van der Waals surface area contributed by atoms with Crippen LogP contribution in [0.2, 0.25) is 0 Å². The van der Waals surface area contributed by atoms with Gasteiger partial charge in [-0.25, -0.2) is 9.97 Å². The molecule has 1 aliphatic rings. The highest BCUT2D eigenvalue weighted by molar-refractivity contribution is 5.57. The van der Waals surface area contributed by atoms with Gasteiger partial charge in [-0.05, 0) is 37.6 Å². The minimum Gasteiger partial charge on any atom is -0.368 e. The normalized spacial score (nSPS) is 14.6. The Bertz CT molecular complexity index is 858. The maximum atomic E-state index is 4.69. The van der Waals surface area contributed by atoms with E-state index in [0.29, 0.717) is 0 Å². The molecule has 0 unspecified atom stereocenters. The monoisotopic (exact) mass is 361 g/mol. The first-order chi connectivity index (χ1) is 13.2. The lowest BCUT2D eigenvalue weighted by Crippen LogP contribution is -2.46. The number of benzene rings is 1. The van der Waals surface area contributed by atoms with Crippen molar-refractivity contribution in [3.63, 3.8) is 0 Å². The van der Waals surface area contributed by atoms with E-state index in [4.69, 9.17) is 4.98 Å². The summed E-state index contributed by atoms with van der Waals surface area (Å²) in [6.45, 7) is 8.31. The first-order valence-electron chi connectivity index (χ1n) is 9.80. The number of nitrogens with zero attached hydrogens (tertiary/aromatic N) is 4. The predicted molar refractivity (Wildman–Crippen MR) is 111 cm³/mol. The lowest BCUT2D eigenvalue weighted by Gasteiger charge is -2.36. The smallest absolute Gasteiger partial charge is 0.139 e. The van der Waals surface area contributed by atoms with E-state index in [1.54, 1.807) is 0 Å². The highest BCUT2D eigenvalue weighted by Crippen LogP contribution is 2.22. The Balaban J connectivity index is 1.39. The van der Waals surface area contributed by atoms with Gasteiger partial charge in [0.2, 0.25) is 0 Å². The first kappa shape index (κ1) is 17.6.